The van der Waals surface area contributed by atoms with Crippen LogP contribution in [0.25, 0.3) is 0 Å². The van der Waals surface area contributed by atoms with Gasteiger partial charge in [0, 0.05) is 24.6 Å². The molecular formula is C11H16BrN3S. The fraction of sp³-hybridized carbons (Fsp3) is 0.636. The summed E-state index contributed by atoms with van der Waals surface area (Å²) in [6.45, 7) is 0.990. The first-order valence-electron chi connectivity index (χ1n) is 5.51. The molecule has 1 aliphatic carbocycles. The minimum absolute atomic E-state index is 0.664. The summed E-state index contributed by atoms with van der Waals surface area (Å²) in [4.78, 5) is 9.97. The first kappa shape index (κ1) is 12.2. The molecule has 3 nitrogen and oxygen atoms in total. The van der Waals surface area contributed by atoms with E-state index in [-0.39, 0.29) is 0 Å². The van der Waals surface area contributed by atoms with E-state index >= 15 is 0 Å². The molecule has 5 heteroatoms. The Bertz CT molecular complexity index is 437. The molecule has 1 aliphatic rings. The van der Waals surface area contributed by atoms with E-state index in [1.165, 1.54) is 18.5 Å². The Labute approximate surface area is 109 Å². The molecule has 0 bridgehead atoms. The van der Waals surface area contributed by atoms with Gasteiger partial charge in [0.2, 0.25) is 0 Å². The van der Waals surface area contributed by atoms with Gasteiger partial charge in [0.1, 0.15) is 10.5 Å². The molecule has 88 valence electrons. The number of nitrogens with one attached hydrogen (secondary N) is 1. The number of aromatic amines is 1. The van der Waals surface area contributed by atoms with Crippen molar-refractivity contribution in [3.63, 3.8) is 0 Å². The number of halogens is 1. The molecule has 0 radical (unpaired) electrons. The van der Waals surface area contributed by atoms with Crippen molar-refractivity contribution in [2.75, 3.05) is 20.6 Å². The van der Waals surface area contributed by atoms with E-state index < -0.39 is 0 Å². The molecule has 0 saturated heterocycles. The zero-order chi connectivity index (χ0) is 11.7. The Kier molecular flexibility index (Phi) is 3.77. The average molecular weight is 302 g/mol. The van der Waals surface area contributed by atoms with Crippen molar-refractivity contribution < 1.29 is 0 Å². The Morgan fingerprint density at radius 3 is 2.75 bits per heavy atom. The second-order valence-corrected chi connectivity index (χ2v) is 5.72. The van der Waals surface area contributed by atoms with Gasteiger partial charge < -0.3 is 9.88 Å². The monoisotopic (exact) mass is 301 g/mol. The highest BCUT2D eigenvalue weighted by Crippen LogP contribution is 2.42. The van der Waals surface area contributed by atoms with Crippen LogP contribution in [0.4, 0.5) is 0 Å². The normalized spacial score (nSPS) is 15.8. The van der Waals surface area contributed by atoms with E-state index in [0.717, 1.165) is 23.3 Å². The maximum atomic E-state index is 5.26. The molecule has 1 aromatic heterocycles. The van der Waals surface area contributed by atoms with Crippen molar-refractivity contribution in [3.8, 4) is 0 Å². The van der Waals surface area contributed by atoms with Gasteiger partial charge in [0.05, 0.1) is 4.47 Å². The van der Waals surface area contributed by atoms with Gasteiger partial charge in [-0.15, -0.1) is 0 Å². The van der Waals surface area contributed by atoms with Crippen LogP contribution >= 0.6 is 28.1 Å². The van der Waals surface area contributed by atoms with Crippen LogP contribution in [0.5, 0.6) is 0 Å². The van der Waals surface area contributed by atoms with Crippen molar-refractivity contribution in [1.29, 1.82) is 0 Å². The summed E-state index contributed by atoms with van der Waals surface area (Å²) in [5, 5.41) is 0. The molecule has 0 amide bonds. The number of likely N-dealkylation sites (N-methyl/N-ethyl adjacent to an activating group) is 1. The van der Waals surface area contributed by atoms with Crippen LogP contribution < -0.4 is 0 Å². The molecule has 1 saturated carbocycles. The Balaban J connectivity index is 2.22. The topological polar surface area (TPSA) is 31.9 Å². The largest absolute Gasteiger partial charge is 0.346 e. The summed E-state index contributed by atoms with van der Waals surface area (Å²) in [6.07, 6.45) is 3.45. The fourth-order valence-electron chi connectivity index (χ4n) is 1.63. The van der Waals surface area contributed by atoms with Crippen molar-refractivity contribution in [1.82, 2.24) is 14.9 Å². The van der Waals surface area contributed by atoms with E-state index in [1.807, 2.05) is 0 Å². The molecule has 0 aliphatic heterocycles. The first-order valence-corrected chi connectivity index (χ1v) is 6.71. The summed E-state index contributed by atoms with van der Waals surface area (Å²) in [7, 11) is 4.13. The number of nitrogens with zero attached hydrogens (tertiary/aromatic N) is 2. The molecule has 0 aromatic carbocycles. The Morgan fingerprint density at radius 1 is 1.50 bits per heavy atom. The van der Waals surface area contributed by atoms with E-state index in [2.05, 4.69) is 44.9 Å². The zero-order valence-corrected chi connectivity index (χ0v) is 12.0. The smallest absolute Gasteiger partial charge is 0.144 e. The average Bonchev–Trinajstić information content (AvgIpc) is 3.03. The van der Waals surface area contributed by atoms with Crippen LogP contribution in [0.15, 0.2) is 4.47 Å². The van der Waals surface area contributed by atoms with Crippen molar-refractivity contribution in [2.24, 2.45) is 0 Å². The minimum atomic E-state index is 0.664. The van der Waals surface area contributed by atoms with Crippen LogP contribution in [-0.2, 0) is 6.42 Å². The SMILES string of the molecule is CN(C)CCc1nc(=S)c(Br)c(C2CC2)[nH]1. The van der Waals surface area contributed by atoms with E-state index in [0.29, 0.717) is 10.6 Å². The number of hydrogen-bond donors (Lipinski definition) is 1. The first-order chi connectivity index (χ1) is 7.58. The summed E-state index contributed by atoms with van der Waals surface area (Å²) in [6, 6.07) is 0. The van der Waals surface area contributed by atoms with Gasteiger partial charge in [-0.2, -0.15) is 0 Å². The molecule has 1 aromatic rings. The molecular weight excluding hydrogens is 286 g/mol. The second-order valence-electron chi connectivity index (χ2n) is 4.54. The summed E-state index contributed by atoms with van der Waals surface area (Å²) < 4.78 is 1.67. The lowest BCUT2D eigenvalue weighted by atomic mass is 10.2. The number of H-pyrrole nitrogens is 1. The highest BCUT2D eigenvalue weighted by atomic mass is 79.9. The molecule has 0 spiro atoms. The van der Waals surface area contributed by atoms with Crippen LogP contribution in [0, 0.1) is 4.64 Å². The van der Waals surface area contributed by atoms with E-state index in [1.54, 1.807) is 0 Å². The summed E-state index contributed by atoms with van der Waals surface area (Å²) >= 11 is 8.79. The molecule has 16 heavy (non-hydrogen) atoms. The molecule has 1 N–H and O–H groups in total. The third-order valence-electron chi connectivity index (χ3n) is 2.72. The maximum absolute atomic E-state index is 5.26. The van der Waals surface area contributed by atoms with Crippen LogP contribution in [0.3, 0.4) is 0 Å². The third-order valence-corrected chi connectivity index (χ3v) is 4.08. The quantitative estimate of drug-likeness (QED) is 0.868. The predicted octanol–water partition coefficient (Wildman–Crippen LogP) is 2.88. The molecule has 1 heterocycles. The van der Waals surface area contributed by atoms with Gasteiger partial charge in [-0.25, -0.2) is 4.98 Å². The highest BCUT2D eigenvalue weighted by Gasteiger charge is 2.27. The van der Waals surface area contributed by atoms with Crippen molar-refractivity contribution in [2.45, 2.75) is 25.2 Å². The minimum Gasteiger partial charge on any atom is -0.346 e. The molecule has 2 rings (SSSR count). The van der Waals surface area contributed by atoms with Gasteiger partial charge in [-0.3, -0.25) is 0 Å². The third kappa shape index (κ3) is 2.90. The number of rotatable bonds is 4. The van der Waals surface area contributed by atoms with Crippen molar-refractivity contribution >= 4 is 28.1 Å². The van der Waals surface area contributed by atoms with Crippen LogP contribution in [0.2, 0.25) is 0 Å². The lowest BCUT2D eigenvalue weighted by molar-refractivity contribution is 0.409. The van der Waals surface area contributed by atoms with Gasteiger partial charge in [-0.1, -0.05) is 12.2 Å². The van der Waals surface area contributed by atoms with Gasteiger partial charge in [-0.05, 0) is 42.9 Å². The predicted molar refractivity (Wildman–Crippen MR) is 71.4 cm³/mol. The maximum Gasteiger partial charge on any atom is 0.144 e. The molecule has 0 unspecified atom stereocenters. The zero-order valence-electron chi connectivity index (χ0n) is 9.59. The Hall–Kier alpha value is -0.260. The molecule has 0 atom stereocenters. The lowest BCUT2D eigenvalue weighted by Gasteiger charge is -2.11. The summed E-state index contributed by atoms with van der Waals surface area (Å²) in [5.41, 5.74) is 1.24. The highest BCUT2D eigenvalue weighted by molar-refractivity contribution is 9.10. The standard InChI is InChI=1S/C11H16BrN3S/c1-15(2)6-5-8-13-10(7-3-4-7)9(12)11(16)14-8/h7H,3-6H2,1-2H3,(H,13,14,16). The van der Waals surface area contributed by atoms with Gasteiger partial charge in [0.25, 0.3) is 0 Å². The number of hydrogen-bond acceptors (Lipinski definition) is 3. The second kappa shape index (κ2) is 4.94. The van der Waals surface area contributed by atoms with Crippen molar-refractivity contribution in [3.05, 3.63) is 20.6 Å². The lowest BCUT2D eigenvalue weighted by Crippen LogP contribution is -2.16. The van der Waals surface area contributed by atoms with Crippen LogP contribution in [0.1, 0.15) is 30.3 Å². The van der Waals surface area contributed by atoms with Gasteiger partial charge >= 0.3 is 0 Å². The van der Waals surface area contributed by atoms with Crippen LogP contribution in [-0.4, -0.2) is 35.5 Å². The Morgan fingerprint density at radius 2 is 2.19 bits per heavy atom. The van der Waals surface area contributed by atoms with E-state index in [9.17, 15) is 0 Å². The molecule has 1 fully saturated rings. The van der Waals surface area contributed by atoms with Gasteiger partial charge in [0.15, 0.2) is 0 Å². The summed E-state index contributed by atoms with van der Waals surface area (Å²) in [5.74, 6) is 1.67. The fourth-order valence-corrected chi connectivity index (χ4v) is 2.36. The van der Waals surface area contributed by atoms with E-state index in [4.69, 9.17) is 12.2 Å². The number of aromatic nitrogens is 2.